The van der Waals surface area contributed by atoms with Gasteiger partial charge in [0.05, 0.1) is 12.2 Å². The Hall–Kier alpha value is -2.90. The SMILES string of the molecule is O=C(NC(=S)Nc1cccc(O)c1)c1cc(Br)ccc1OCCc1ccccc1. The average molecular weight is 471 g/mol. The summed E-state index contributed by atoms with van der Waals surface area (Å²) < 4.78 is 6.61. The van der Waals surface area contributed by atoms with E-state index in [4.69, 9.17) is 17.0 Å². The lowest BCUT2D eigenvalue weighted by Gasteiger charge is -2.14. The average Bonchev–Trinajstić information content (AvgIpc) is 2.69. The minimum absolute atomic E-state index is 0.102. The molecule has 0 unspecified atom stereocenters. The third-order valence-corrected chi connectivity index (χ3v) is 4.71. The van der Waals surface area contributed by atoms with E-state index in [9.17, 15) is 9.90 Å². The molecule has 0 spiro atoms. The second-order valence-electron chi connectivity index (χ2n) is 6.18. The molecule has 0 aliphatic carbocycles. The standard InChI is InChI=1S/C22H19BrN2O3S/c23-16-9-10-20(28-12-11-15-5-2-1-3-6-15)19(13-16)21(27)25-22(29)24-17-7-4-8-18(26)14-17/h1-10,13-14,26H,11-12H2,(H2,24,25,27,29). The summed E-state index contributed by atoms with van der Waals surface area (Å²) in [4.78, 5) is 12.7. The number of carbonyl (C=O) groups is 1. The zero-order valence-electron chi connectivity index (χ0n) is 15.4. The van der Waals surface area contributed by atoms with Crippen molar-refractivity contribution in [1.29, 1.82) is 0 Å². The fraction of sp³-hybridized carbons (Fsp3) is 0.0909. The van der Waals surface area contributed by atoms with Crippen molar-refractivity contribution >= 4 is 44.9 Å². The van der Waals surface area contributed by atoms with E-state index in [-0.39, 0.29) is 10.9 Å². The predicted molar refractivity (Wildman–Crippen MR) is 122 cm³/mol. The first-order chi connectivity index (χ1) is 14.0. The summed E-state index contributed by atoms with van der Waals surface area (Å²) >= 11 is 8.59. The molecule has 148 valence electrons. The van der Waals surface area contributed by atoms with Crippen LogP contribution in [0.2, 0.25) is 0 Å². The quantitative estimate of drug-likeness (QED) is 0.446. The monoisotopic (exact) mass is 470 g/mol. The molecule has 0 heterocycles. The molecule has 0 aliphatic rings. The second kappa shape index (κ2) is 10.0. The molecule has 3 aromatic rings. The Morgan fingerprint density at radius 3 is 2.59 bits per heavy atom. The van der Waals surface area contributed by atoms with Crippen molar-refractivity contribution in [3.63, 3.8) is 0 Å². The van der Waals surface area contributed by atoms with Gasteiger partial charge in [0.1, 0.15) is 11.5 Å². The van der Waals surface area contributed by atoms with E-state index < -0.39 is 5.91 Å². The number of anilines is 1. The molecule has 0 aromatic heterocycles. The number of phenolic OH excluding ortho intramolecular Hbond substituents is 1. The summed E-state index contributed by atoms with van der Waals surface area (Å²) in [6, 6.07) is 21.7. The first-order valence-corrected chi connectivity index (χ1v) is 10.1. The minimum Gasteiger partial charge on any atom is -0.508 e. The molecule has 7 heteroatoms. The van der Waals surface area contributed by atoms with Crippen LogP contribution in [-0.2, 0) is 6.42 Å². The van der Waals surface area contributed by atoms with Gasteiger partial charge in [-0.1, -0.05) is 52.3 Å². The van der Waals surface area contributed by atoms with Crippen molar-refractivity contribution in [2.75, 3.05) is 11.9 Å². The van der Waals surface area contributed by atoms with Crippen LogP contribution < -0.4 is 15.4 Å². The molecule has 3 aromatic carbocycles. The number of hydrogen-bond donors (Lipinski definition) is 3. The van der Waals surface area contributed by atoms with Crippen molar-refractivity contribution in [3.05, 3.63) is 88.4 Å². The number of halogens is 1. The molecule has 0 fully saturated rings. The van der Waals surface area contributed by atoms with Gasteiger partial charge in [-0.25, -0.2) is 0 Å². The van der Waals surface area contributed by atoms with Gasteiger partial charge in [-0.3, -0.25) is 10.1 Å². The molecule has 3 N–H and O–H groups in total. The highest BCUT2D eigenvalue weighted by molar-refractivity contribution is 9.10. The number of hydrogen-bond acceptors (Lipinski definition) is 4. The first-order valence-electron chi connectivity index (χ1n) is 8.89. The van der Waals surface area contributed by atoms with Gasteiger partial charge in [0, 0.05) is 22.6 Å². The normalized spacial score (nSPS) is 10.2. The van der Waals surface area contributed by atoms with Crippen LogP contribution >= 0.6 is 28.1 Å². The lowest BCUT2D eigenvalue weighted by atomic mass is 10.1. The number of phenols is 1. The lowest BCUT2D eigenvalue weighted by molar-refractivity contribution is 0.0973. The van der Waals surface area contributed by atoms with Crippen LogP contribution in [0.25, 0.3) is 0 Å². The Kier molecular flexibility index (Phi) is 7.21. The lowest BCUT2D eigenvalue weighted by Crippen LogP contribution is -2.34. The van der Waals surface area contributed by atoms with Gasteiger partial charge in [-0.2, -0.15) is 0 Å². The summed E-state index contributed by atoms with van der Waals surface area (Å²) in [5.41, 5.74) is 2.10. The van der Waals surface area contributed by atoms with Crippen molar-refractivity contribution in [1.82, 2.24) is 5.32 Å². The molecule has 5 nitrogen and oxygen atoms in total. The molecule has 0 saturated carbocycles. The van der Waals surface area contributed by atoms with Crippen LogP contribution in [0.4, 0.5) is 5.69 Å². The molecule has 0 aliphatic heterocycles. The van der Waals surface area contributed by atoms with Gasteiger partial charge >= 0.3 is 0 Å². The summed E-state index contributed by atoms with van der Waals surface area (Å²) in [6.07, 6.45) is 0.732. The molecule has 3 rings (SSSR count). The molecular formula is C22H19BrN2O3S. The molecule has 0 saturated heterocycles. The summed E-state index contributed by atoms with van der Waals surface area (Å²) in [7, 11) is 0. The van der Waals surface area contributed by atoms with Gasteiger partial charge in [0.25, 0.3) is 5.91 Å². The minimum atomic E-state index is -0.390. The van der Waals surface area contributed by atoms with E-state index in [0.717, 1.165) is 16.5 Å². The van der Waals surface area contributed by atoms with Gasteiger partial charge < -0.3 is 15.2 Å². The molecular weight excluding hydrogens is 452 g/mol. The van der Waals surface area contributed by atoms with Gasteiger partial charge in [0.2, 0.25) is 0 Å². The Labute approximate surface area is 182 Å². The van der Waals surface area contributed by atoms with Gasteiger partial charge in [-0.05, 0) is 48.1 Å². The zero-order valence-corrected chi connectivity index (χ0v) is 17.8. The van der Waals surface area contributed by atoms with Crippen molar-refractivity contribution < 1.29 is 14.6 Å². The second-order valence-corrected chi connectivity index (χ2v) is 7.51. The first kappa shape index (κ1) is 20.8. The third kappa shape index (κ3) is 6.30. The van der Waals surface area contributed by atoms with Crippen molar-refractivity contribution in [3.8, 4) is 11.5 Å². The molecule has 1 amide bonds. The highest BCUT2D eigenvalue weighted by Crippen LogP contribution is 2.24. The largest absolute Gasteiger partial charge is 0.508 e. The summed E-state index contributed by atoms with van der Waals surface area (Å²) in [5, 5.41) is 15.2. The fourth-order valence-electron chi connectivity index (χ4n) is 2.65. The van der Waals surface area contributed by atoms with E-state index in [1.54, 1.807) is 30.3 Å². The van der Waals surface area contributed by atoms with Crippen LogP contribution in [0.3, 0.4) is 0 Å². The fourth-order valence-corrected chi connectivity index (χ4v) is 3.22. The maximum atomic E-state index is 12.7. The van der Waals surface area contributed by atoms with Crippen molar-refractivity contribution in [2.45, 2.75) is 6.42 Å². The number of thiocarbonyl (C=S) groups is 1. The topological polar surface area (TPSA) is 70.6 Å². The number of amides is 1. The Morgan fingerprint density at radius 1 is 1.03 bits per heavy atom. The predicted octanol–water partition coefficient (Wildman–Crippen LogP) is 4.90. The van der Waals surface area contributed by atoms with E-state index in [1.165, 1.54) is 6.07 Å². The van der Waals surface area contributed by atoms with Gasteiger partial charge in [-0.15, -0.1) is 0 Å². The molecule has 0 bridgehead atoms. The maximum absolute atomic E-state index is 12.7. The van der Waals surface area contributed by atoms with Gasteiger partial charge in [0.15, 0.2) is 5.11 Å². The number of benzene rings is 3. The molecule has 29 heavy (non-hydrogen) atoms. The molecule has 0 radical (unpaired) electrons. The number of nitrogens with one attached hydrogen (secondary N) is 2. The summed E-state index contributed by atoms with van der Waals surface area (Å²) in [5.74, 6) is 0.186. The van der Waals surface area contributed by atoms with Crippen LogP contribution in [0.5, 0.6) is 11.5 Å². The Bertz CT molecular complexity index is 1010. The number of ether oxygens (including phenoxy) is 1. The van der Waals surface area contributed by atoms with E-state index in [1.807, 2.05) is 36.4 Å². The summed E-state index contributed by atoms with van der Waals surface area (Å²) in [6.45, 7) is 0.442. The zero-order chi connectivity index (χ0) is 20.6. The van der Waals surface area contributed by atoms with Crippen LogP contribution in [0.1, 0.15) is 15.9 Å². The Morgan fingerprint density at radius 2 is 1.83 bits per heavy atom. The van der Waals surface area contributed by atoms with Crippen LogP contribution in [0.15, 0.2) is 77.3 Å². The number of rotatable bonds is 6. The van der Waals surface area contributed by atoms with Crippen LogP contribution in [0, 0.1) is 0 Å². The van der Waals surface area contributed by atoms with Crippen LogP contribution in [-0.4, -0.2) is 22.7 Å². The number of aromatic hydroxyl groups is 1. The Balaban J connectivity index is 1.64. The highest BCUT2D eigenvalue weighted by Gasteiger charge is 2.15. The highest BCUT2D eigenvalue weighted by atomic mass is 79.9. The third-order valence-electron chi connectivity index (χ3n) is 4.01. The van der Waals surface area contributed by atoms with E-state index in [2.05, 4.69) is 26.6 Å². The smallest absolute Gasteiger partial charge is 0.261 e. The maximum Gasteiger partial charge on any atom is 0.261 e. The van der Waals surface area contributed by atoms with E-state index >= 15 is 0 Å². The number of carbonyl (C=O) groups excluding carboxylic acids is 1. The van der Waals surface area contributed by atoms with Crippen molar-refractivity contribution in [2.24, 2.45) is 0 Å². The molecule has 0 atom stereocenters. The van der Waals surface area contributed by atoms with E-state index in [0.29, 0.717) is 23.6 Å².